The molecular weight excluding hydrogens is 304 g/mol. The number of amides is 2. The van der Waals surface area contributed by atoms with E-state index in [1.807, 2.05) is 0 Å². The molecule has 1 fully saturated rings. The number of hydrogen-bond acceptors (Lipinski definition) is 4. The van der Waals surface area contributed by atoms with Gasteiger partial charge in [-0.3, -0.25) is 4.79 Å². The topological polar surface area (TPSA) is 58.6 Å². The van der Waals surface area contributed by atoms with Gasteiger partial charge in [0.1, 0.15) is 5.60 Å². The summed E-state index contributed by atoms with van der Waals surface area (Å²) in [4.78, 5) is 26.6. The van der Waals surface area contributed by atoms with Crippen molar-refractivity contribution in [2.24, 2.45) is 0 Å². The lowest BCUT2D eigenvalue weighted by molar-refractivity contribution is -0.122. The zero-order valence-electron chi connectivity index (χ0n) is 12.9. The summed E-state index contributed by atoms with van der Waals surface area (Å²) in [5.74, 6) is -0.232. The Morgan fingerprint density at radius 3 is 2.73 bits per heavy atom. The molecule has 1 aromatic rings. The fraction of sp³-hybridized carbons (Fsp3) is 0.500. The highest BCUT2D eigenvalue weighted by atomic mass is 35.5. The van der Waals surface area contributed by atoms with Crippen LogP contribution in [-0.2, 0) is 14.9 Å². The van der Waals surface area contributed by atoms with Gasteiger partial charge < -0.3 is 10.1 Å². The van der Waals surface area contributed by atoms with Crippen molar-refractivity contribution in [1.29, 1.82) is 0 Å². The van der Waals surface area contributed by atoms with Gasteiger partial charge in [-0.05, 0) is 57.5 Å². The van der Waals surface area contributed by atoms with Crippen molar-refractivity contribution in [1.82, 2.24) is 5.32 Å². The quantitative estimate of drug-likeness (QED) is 0.798. The zero-order chi connectivity index (χ0) is 16.1. The Bertz CT molecular complexity index is 645. The van der Waals surface area contributed by atoms with Crippen LogP contribution in [0.25, 0.3) is 0 Å². The molecule has 118 valence electrons. The number of carbonyl (C=O) groups is 2. The molecule has 1 unspecified atom stereocenters. The smallest absolute Gasteiger partial charge is 0.421 e. The average Bonchev–Trinajstić information content (AvgIpc) is 2.96. The van der Waals surface area contributed by atoms with Crippen LogP contribution in [0.2, 0.25) is 5.02 Å². The first-order valence-electron chi connectivity index (χ1n) is 7.33. The van der Waals surface area contributed by atoms with Gasteiger partial charge in [-0.25, -0.2) is 9.69 Å². The molecular formula is C16H19ClN2O3. The number of anilines is 1. The second-order valence-corrected chi connectivity index (χ2v) is 7.23. The Labute approximate surface area is 134 Å². The highest BCUT2D eigenvalue weighted by Gasteiger charge is 2.55. The summed E-state index contributed by atoms with van der Waals surface area (Å²) in [7, 11) is 0. The van der Waals surface area contributed by atoms with Crippen molar-refractivity contribution in [2.45, 2.75) is 38.2 Å². The third-order valence-corrected chi connectivity index (χ3v) is 4.29. The summed E-state index contributed by atoms with van der Waals surface area (Å²) in [5.41, 5.74) is 0.0123. The minimum atomic E-state index is -0.711. The third-order valence-electron chi connectivity index (χ3n) is 4.06. The number of halogens is 1. The fourth-order valence-electron chi connectivity index (χ4n) is 3.12. The standard InChI is InChI=1S/C16H19ClN2O3/c1-15(2,3)22-14(21)19-12-5-4-10(17)8-11(12)16(13(19)20)6-7-18-9-16/h4-5,8,18H,6-7,9H2,1-3H3. The highest BCUT2D eigenvalue weighted by Crippen LogP contribution is 2.46. The van der Waals surface area contributed by atoms with Gasteiger partial charge >= 0.3 is 6.09 Å². The van der Waals surface area contributed by atoms with E-state index < -0.39 is 17.1 Å². The molecule has 22 heavy (non-hydrogen) atoms. The van der Waals surface area contributed by atoms with E-state index in [1.165, 1.54) is 0 Å². The van der Waals surface area contributed by atoms with Crippen LogP contribution in [-0.4, -0.2) is 30.7 Å². The number of imide groups is 1. The summed E-state index contributed by atoms with van der Waals surface area (Å²) in [6.07, 6.45) is 0.0169. The molecule has 6 heteroatoms. The molecule has 1 N–H and O–H groups in total. The van der Waals surface area contributed by atoms with Crippen LogP contribution >= 0.6 is 11.6 Å². The normalized spacial score (nSPS) is 24.0. The first kappa shape index (κ1) is 15.3. The summed E-state index contributed by atoms with van der Waals surface area (Å²) in [6.45, 7) is 6.58. The van der Waals surface area contributed by atoms with Crippen LogP contribution < -0.4 is 10.2 Å². The second kappa shape index (κ2) is 4.96. The second-order valence-electron chi connectivity index (χ2n) is 6.79. The molecule has 1 saturated heterocycles. The van der Waals surface area contributed by atoms with Crippen molar-refractivity contribution in [3.05, 3.63) is 28.8 Å². The summed E-state index contributed by atoms with van der Waals surface area (Å²) >= 11 is 6.10. The molecule has 0 radical (unpaired) electrons. The lowest BCUT2D eigenvalue weighted by atomic mass is 9.81. The monoisotopic (exact) mass is 322 g/mol. The van der Waals surface area contributed by atoms with Crippen molar-refractivity contribution in [3.63, 3.8) is 0 Å². The average molecular weight is 323 g/mol. The molecule has 0 aliphatic carbocycles. The van der Waals surface area contributed by atoms with E-state index in [1.54, 1.807) is 39.0 Å². The number of carbonyl (C=O) groups excluding carboxylic acids is 2. The Morgan fingerprint density at radius 2 is 2.14 bits per heavy atom. The molecule has 2 heterocycles. The van der Waals surface area contributed by atoms with Gasteiger partial charge in [0.2, 0.25) is 5.91 Å². The molecule has 1 aromatic carbocycles. The van der Waals surface area contributed by atoms with Crippen molar-refractivity contribution in [3.8, 4) is 0 Å². The van der Waals surface area contributed by atoms with E-state index in [0.717, 1.165) is 17.0 Å². The van der Waals surface area contributed by atoms with Crippen LogP contribution in [0.15, 0.2) is 18.2 Å². The predicted octanol–water partition coefficient (Wildman–Crippen LogP) is 2.85. The number of nitrogens with one attached hydrogen (secondary N) is 1. The molecule has 1 atom stereocenters. The number of hydrogen-bond donors (Lipinski definition) is 1. The van der Waals surface area contributed by atoms with Crippen LogP contribution in [0.3, 0.4) is 0 Å². The summed E-state index contributed by atoms with van der Waals surface area (Å²) < 4.78 is 5.39. The maximum Gasteiger partial charge on any atom is 0.421 e. The van der Waals surface area contributed by atoms with Crippen LogP contribution in [0.5, 0.6) is 0 Å². The van der Waals surface area contributed by atoms with E-state index in [-0.39, 0.29) is 5.91 Å². The van der Waals surface area contributed by atoms with Crippen molar-refractivity contribution >= 4 is 29.3 Å². The molecule has 0 bridgehead atoms. The number of ether oxygens (including phenoxy) is 1. The van der Waals surface area contributed by atoms with Gasteiger partial charge in [0.05, 0.1) is 11.1 Å². The molecule has 2 amide bonds. The molecule has 2 aliphatic rings. The van der Waals surface area contributed by atoms with E-state index in [0.29, 0.717) is 23.7 Å². The van der Waals surface area contributed by atoms with Crippen LogP contribution in [0.1, 0.15) is 32.8 Å². The highest BCUT2D eigenvalue weighted by molar-refractivity contribution is 6.31. The lowest BCUT2D eigenvalue weighted by Crippen LogP contribution is -2.46. The number of fused-ring (bicyclic) bond motifs is 2. The Hall–Kier alpha value is -1.59. The van der Waals surface area contributed by atoms with Gasteiger partial charge in [0.25, 0.3) is 0 Å². The van der Waals surface area contributed by atoms with Gasteiger partial charge in [-0.15, -0.1) is 0 Å². The van der Waals surface area contributed by atoms with Gasteiger partial charge in [0, 0.05) is 11.6 Å². The third kappa shape index (κ3) is 2.29. The SMILES string of the molecule is CC(C)(C)OC(=O)N1C(=O)C2(CCNC2)c2cc(Cl)ccc21. The number of nitrogens with zero attached hydrogens (tertiary/aromatic N) is 1. The largest absolute Gasteiger partial charge is 0.443 e. The number of rotatable bonds is 0. The first-order chi connectivity index (χ1) is 10.2. The predicted molar refractivity (Wildman–Crippen MR) is 84.3 cm³/mol. The van der Waals surface area contributed by atoms with E-state index in [2.05, 4.69) is 5.32 Å². The van der Waals surface area contributed by atoms with E-state index >= 15 is 0 Å². The summed E-state index contributed by atoms with van der Waals surface area (Å²) in [6, 6.07) is 5.19. The van der Waals surface area contributed by atoms with E-state index in [9.17, 15) is 9.59 Å². The van der Waals surface area contributed by atoms with Crippen molar-refractivity contribution < 1.29 is 14.3 Å². The Morgan fingerprint density at radius 1 is 1.41 bits per heavy atom. The van der Waals surface area contributed by atoms with Gasteiger partial charge in [0.15, 0.2) is 0 Å². The molecule has 1 spiro atoms. The Balaban J connectivity index is 2.07. The van der Waals surface area contributed by atoms with E-state index in [4.69, 9.17) is 16.3 Å². The fourth-order valence-corrected chi connectivity index (χ4v) is 3.29. The van der Waals surface area contributed by atoms with Crippen LogP contribution in [0.4, 0.5) is 10.5 Å². The zero-order valence-corrected chi connectivity index (χ0v) is 13.7. The molecule has 2 aliphatic heterocycles. The van der Waals surface area contributed by atoms with Gasteiger partial charge in [-0.2, -0.15) is 0 Å². The minimum Gasteiger partial charge on any atom is -0.443 e. The molecule has 0 saturated carbocycles. The van der Waals surface area contributed by atoms with Crippen LogP contribution in [0, 0.1) is 0 Å². The van der Waals surface area contributed by atoms with Gasteiger partial charge in [-0.1, -0.05) is 11.6 Å². The summed E-state index contributed by atoms with van der Waals surface area (Å²) in [5, 5.41) is 3.77. The number of benzene rings is 1. The van der Waals surface area contributed by atoms with Crippen molar-refractivity contribution in [2.75, 3.05) is 18.0 Å². The molecule has 0 aromatic heterocycles. The lowest BCUT2D eigenvalue weighted by Gasteiger charge is -2.25. The molecule has 5 nitrogen and oxygen atoms in total. The molecule has 3 rings (SSSR count). The maximum absolute atomic E-state index is 13.0. The minimum absolute atomic E-state index is 0.232. The first-order valence-corrected chi connectivity index (χ1v) is 7.71. The Kier molecular flexibility index (Phi) is 3.45. The maximum atomic E-state index is 13.0.